The van der Waals surface area contributed by atoms with Gasteiger partial charge in [0.25, 0.3) is 0 Å². The molecular formula is C57H39NS. The molecule has 2 aliphatic rings. The van der Waals surface area contributed by atoms with Crippen molar-refractivity contribution in [1.29, 1.82) is 0 Å². The SMILES string of the molecule is CC1(c2ccccc2)c2ccccc2-c2cc(N(c3ccc4c(c3)-c3ccccc3C4(c3ccccc3)c3ccccc3)c3cccc4c3sc3ccccc34)ccc21. The quantitative estimate of drug-likeness (QED) is 0.163. The van der Waals surface area contributed by atoms with E-state index in [-0.39, 0.29) is 5.41 Å². The largest absolute Gasteiger partial charge is 0.309 e. The standard InChI is InChI=1S/C57H39NS/c1-56(38-18-5-2-6-19-38)49-28-14-11-24-43(49)47-36-41(32-34-50(47)56)58(53-30-17-27-46-45-26-13-16-31-54(45)59-55(46)53)42-33-35-52-48(37-42)44-25-12-15-29-51(44)57(52,39-20-7-3-8-21-39)40-22-9-4-10-23-40/h2-37H,1H3. The number of hydrogen-bond donors (Lipinski definition) is 0. The summed E-state index contributed by atoms with van der Waals surface area (Å²) in [6.45, 7) is 2.39. The fourth-order valence-electron chi connectivity index (χ4n) is 10.6. The maximum absolute atomic E-state index is 2.52. The molecule has 1 nitrogen and oxygen atoms in total. The van der Waals surface area contributed by atoms with Gasteiger partial charge in [-0.1, -0.05) is 182 Å². The maximum Gasteiger partial charge on any atom is 0.0713 e. The molecule has 0 amide bonds. The lowest BCUT2D eigenvalue weighted by Crippen LogP contribution is -2.28. The number of anilines is 3. The van der Waals surface area contributed by atoms with Crippen LogP contribution in [0.4, 0.5) is 17.1 Å². The van der Waals surface area contributed by atoms with Gasteiger partial charge in [0, 0.05) is 32.3 Å². The van der Waals surface area contributed by atoms with Gasteiger partial charge in [0.05, 0.1) is 15.8 Å². The predicted octanol–water partition coefficient (Wildman–Crippen LogP) is 15.2. The molecule has 0 saturated heterocycles. The Morgan fingerprint density at radius 1 is 0.373 bits per heavy atom. The Balaban J connectivity index is 1.13. The van der Waals surface area contributed by atoms with E-state index in [4.69, 9.17) is 0 Å². The molecule has 278 valence electrons. The van der Waals surface area contributed by atoms with Gasteiger partial charge >= 0.3 is 0 Å². The van der Waals surface area contributed by atoms with E-state index in [0.29, 0.717) is 0 Å². The topological polar surface area (TPSA) is 3.24 Å². The normalized spacial score (nSPS) is 15.7. The second-order valence-corrected chi connectivity index (χ2v) is 17.2. The molecule has 10 aromatic rings. The van der Waals surface area contributed by atoms with E-state index >= 15 is 0 Å². The molecule has 2 aliphatic carbocycles. The molecule has 0 aliphatic heterocycles. The van der Waals surface area contributed by atoms with Crippen LogP contribution in [0.3, 0.4) is 0 Å². The molecule has 12 rings (SSSR count). The van der Waals surface area contributed by atoms with Crippen LogP contribution in [0.2, 0.25) is 0 Å². The van der Waals surface area contributed by atoms with E-state index in [1.54, 1.807) is 0 Å². The lowest BCUT2D eigenvalue weighted by molar-refractivity contribution is 0.714. The van der Waals surface area contributed by atoms with E-state index in [9.17, 15) is 0 Å². The van der Waals surface area contributed by atoms with E-state index in [1.165, 1.54) is 87.1 Å². The Labute approximate surface area is 349 Å². The van der Waals surface area contributed by atoms with Gasteiger partial charge in [0.2, 0.25) is 0 Å². The van der Waals surface area contributed by atoms with Crippen LogP contribution in [0.25, 0.3) is 42.4 Å². The van der Waals surface area contributed by atoms with Crippen molar-refractivity contribution >= 4 is 48.6 Å². The van der Waals surface area contributed by atoms with Crippen molar-refractivity contribution in [2.45, 2.75) is 17.8 Å². The fourth-order valence-corrected chi connectivity index (χ4v) is 11.8. The van der Waals surface area contributed by atoms with Crippen molar-refractivity contribution < 1.29 is 0 Å². The predicted molar refractivity (Wildman–Crippen MR) is 249 cm³/mol. The highest BCUT2D eigenvalue weighted by atomic mass is 32.1. The number of benzene rings is 9. The molecule has 0 fully saturated rings. The van der Waals surface area contributed by atoms with Crippen LogP contribution >= 0.6 is 11.3 Å². The Morgan fingerprint density at radius 2 is 0.847 bits per heavy atom. The van der Waals surface area contributed by atoms with Crippen LogP contribution in [0.1, 0.15) is 45.9 Å². The molecule has 1 aromatic heterocycles. The van der Waals surface area contributed by atoms with Crippen molar-refractivity contribution in [3.05, 3.63) is 257 Å². The van der Waals surface area contributed by atoms with Gasteiger partial charge in [-0.25, -0.2) is 0 Å². The molecule has 1 heterocycles. The molecule has 0 bridgehead atoms. The highest BCUT2D eigenvalue weighted by Gasteiger charge is 2.46. The van der Waals surface area contributed by atoms with E-state index < -0.39 is 5.41 Å². The van der Waals surface area contributed by atoms with Gasteiger partial charge in [-0.15, -0.1) is 11.3 Å². The zero-order valence-corrected chi connectivity index (χ0v) is 33.5. The minimum atomic E-state index is -0.456. The van der Waals surface area contributed by atoms with E-state index in [1.807, 2.05) is 11.3 Å². The second kappa shape index (κ2) is 13.0. The van der Waals surface area contributed by atoms with Crippen molar-refractivity contribution in [1.82, 2.24) is 0 Å². The minimum absolute atomic E-state index is 0.266. The average Bonchev–Trinajstić information content (AvgIpc) is 3.93. The number of hydrogen-bond acceptors (Lipinski definition) is 2. The smallest absolute Gasteiger partial charge is 0.0713 e. The summed E-state index contributed by atoms with van der Waals surface area (Å²) < 4.78 is 2.59. The van der Waals surface area contributed by atoms with Crippen molar-refractivity contribution in [2.75, 3.05) is 4.90 Å². The summed E-state index contributed by atoms with van der Waals surface area (Å²) in [6.07, 6.45) is 0. The summed E-state index contributed by atoms with van der Waals surface area (Å²) in [6, 6.07) is 81.3. The molecule has 1 unspecified atom stereocenters. The molecule has 0 radical (unpaired) electrons. The van der Waals surface area contributed by atoms with Crippen LogP contribution in [0.5, 0.6) is 0 Å². The van der Waals surface area contributed by atoms with Crippen molar-refractivity contribution in [3.8, 4) is 22.3 Å². The van der Waals surface area contributed by atoms with Crippen LogP contribution < -0.4 is 4.90 Å². The zero-order chi connectivity index (χ0) is 39.1. The summed E-state index contributed by atoms with van der Waals surface area (Å²) in [5, 5.41) is 2.59. The van der Waals surface area contributed by atoms with Crippen LogP contribution in [0.15, 0.2) is 218 Å². The Kier molecular flexibility index (Phi) is 7.51. The van der Waals surface area contributed by atoms with Gasteiger partial charge in [0.1, 0.15) is 0 Å². The molecule has 59 heavy (non-hydrogen) atoms. The summed E-state index contributed by atoms with van der Waals surface area (Å²) in [5.74, 6) is 0. The summed E-state index contributed by atoms with van der Waals surface area (Å²) in [4.78, 5) is 2.52. The van der Waals surface area contributed by atoms with Gasteiger partial charge in [-0.3, -0.25) is 0 Å². The third-order valence-corrected chi connectivity index (χ3v) is 14.4. The molecule has 9 aromatic carbocycles. The summed E-state index contributed by atoms with van der Waals surface area (Å²) in [7, 11) is 0. The molecule has 2 heteroatoms. The van der Waals surface area contributed by atoms with E-state index in [2.05, 4.69) is 230 Å². The third kappa shape index (κ3) is 4.78. The molecule has 0 saturated carbocycles. The first-order chi connectivity index (χ1) is 29.2. The summed E-state index contributed by atoms with van der Waals surface area (Å²) >= 11 is 1.88. The third-order valence-electron chi connectivity index (χ3n) is 13.2. The van der Waals surface area contributed by atoms with Gasteiger partial charge in [-0.2, -0.15) is 0 Å². The fraction of sp³-hybridized carbons (Fsp3) is 0.0526. The Hall–Kier alpha value is -7.00. The minimum Gasteiger partial charge on any atom is -0.309 e. The average molecular weight is 770 g/mol. The maximum atomic E-state index is 2.52. The first kappa shape index (κ1) is 34.1. The lowest BCUT2D eigenvalue weighted by atomic mass is 9.68. The van der Waals surface area contributed by atoms with Crippen LogP contribution in [-0.2, 0) is 10.8 Å². The Bertz CT molecular complexity index is 3200. The molecule has 0 N–H and O–H groups in total. The summed E-state index contributed by atoms with van der Waals surface area (Å²) in [5.41, 5.74) is 17.0. The first-order valence-corrected chi connectivity index (χ1v) is 21.3. The number of fused-ring (bicyclic) bond motifs is 9. The van der Waals surface area contributed by atoms with Gasteiger partial charge in [0.15, 0.2) is 0 Å². The monoisotopic (exact) mass is 769 g/mol. The number of nitrogens with zero attached hydrogens (tertiary/aromatic N) is 1. The highest BCUT2D eigenvalue weighted by Crippen LogP contribution is 2.58. The van der Waals surface area contributed by atoms with Crippen LogP contribution in [-0.4, -0.2) is 0 Å². The van der Waals surface area contributed by atoms with E-state index in [0.717, 1.165) is 11.4 Å². The van der Waals surface area contributed by atoms with Crippen molar-refractivity contribution in [3.63, 3.8) is 0 Å². The molecular weight excluding hydrogens is 731 g/mol. The lowest BCUT2D eigenvalue weighted by Gasteiger charge is -2.34. The second-order valence-electron chi connectivity index (χ2n) is 16.1. The first-order valence-electron chi connectivity index (χ1n) is 20.5. The van der Waals surface area contributed by atoms with Crippen LogP contribution in [0, 0.1) is 0 Å². The Morgan fingerprint density at radius 3 is 1.53 bits per heavy atom. The number of rotatable bonds is 6. The number of thiophene rings is 1. The zero-order valence-electron chi connectivity index (χ0n) is 32.6. The molecule has 1 atom stereocenters. The molecule has 0 spiro atoms. The van der Waals surface area contributed by atoms with Crippen molar-refractivity contribution in [2.24, 2.45) is 0 Å². The van der Waals surface area contributed by atoms with Gasteiger partial charge < -0.3 is 4.90 Å². The highest BCUT2D eigenvalue weighted by molar-refractivity contribution is 7.26. The van der Waals surface area contributed by atoms with Gasteiger partial charge in [-0.05, 0) is 105 Å².